The quantitative estimate of drug-likeness (QED) is 0.259. The molecular formula is C22H33N2O2PRu. The SMILES string of the molecule is CC(C)(C)P(Cc1cccc(-c2ccccn2)n1)C(C)(C)C.CC[O-].[C-]#[O+].[H-].[Ru+2]. The normalized spacial score (nSPS) is 10.7. The van der Waals surface area contributed by atoms with Gasteiger partial charge in [0.05, 0.1) is 11.4 Å². The average Bonchev–Trinajstić information content (AvgIpc) is 2.61. The van der Waals surface area contributed by atoms with Crippen molar-refractivity contribution in [2.45, 2.75) is 64.9 Å². The van der Waals surface area contributed by atoms with Crippen LogP contribution in [0, 0.1) is 6.65 Å². The zero-order chi connectivity index (χ0) is 21.1. The molecule has 0 aliphatic heterocycles. The van der Waals surface area contributed by atoms with E-state index in [9.17, 15) is 0 Å². The maximum absolute atomic E-state index is 8.93. The molecule has 2 aromatic rings. The second-order valence-electron chi connectivity index (χ2n) is 7.95. The molecule has 2 heterocycles. The Morgan fingerprint density at radius 2 is 1.46 bits per heavy atom. The fourth-order valence-corrected chi connectivity index (χ4v) is 6.33. The molecule has 0 unspecified atom stereocenters. The van der Waals surface area contributed by atoms with Crippen molar-refractivity contribution in [1.29, 1.82) is 0 Å². The molecule has 4 nitrogen and oxygen atoms in total. The molecule has 0 spiro atoms. The van der Waals surface area contributed by atoms with Crippen molar-refractivity contribution in [3.8, 4) is 11.4 Å². The summed E-state index contributed by atoms with van der Waals surface area (Å²) < 4.78 is 7.50. The van der Waals surface area contributed by atoms with Gasteiger partial charge in [-0.1, -0.05) is 68.5 Å². The van der Waals surface area contributed by atoms with Crippen LogP contribution < -0.4 is 5.11 Å². The van der Waals surface area contributed by atoms with Crippen LogP contribution in [0.15, 0.2) is 42.6 Å². The Bertz CT molecular complexity index is 672. The Balaban J connectivity index is -0.000000884. The Morgan fingerprint density at radius 3 is 1.89 bits per heavy atom. The van der Waals surface area contributed by atoms with Gasteiger partial charge in [0.1, 0.15) is 0 Å². The molecule has 0 atom stereocenters. The first kappa shape index (κ1) is 29.3. The molecule has 0 radical (unpaired) electrons. The summed E-state index contributed by atoms with van der Waals surface area (Å²) in [6.07, 6.45) is 2.88. The topological polar surface area (TPSA) is 68.7 Å². The number of rotatable bonds is 3. The summed E-state index contributed by atoms with van der Waals surface area (Å²) in [5, 5.41) is 9.56. The smallest absolute Gasteiger partial charge is 1.00 e. The minimum atomic E-state index is -0.183. The van der Waals surface area contributed by atoms with Gasteiger partial charge in [-0.15, -0.1) is 6.61 Å². The van der Waals surface area contributed by atoms with Crippen molar-refractivity contribution in [2.24, 2.45) is 0 Å². The van der Waals surface area contributed by atoms with Gasteiger partial charge in [0.15, 0.2) is 0 Å². The summed E-state index contributed by atoms with van der Waals surface area (Å²) in [4.78, 5) is 9.27. The van der Waals surface area contributed by atoms with E-state index < -0.39 is 0 Å². The predicted octanol–water partition coefficient (Wildman–Crippen LogP) is 5.16. The summed E-state index contributed by atoms with van der Waals surface area (Å²) >= 11 is 0. The second-order valence-corrected chi connectivity index (χ2v) is 11.8. The van der Waals surface area contributed by atoms with Gasteiger partial charge in [0.25, 0.3) is 0 Å². The maximum atomic E-state index is 8.93. The van der Waals surface area contributed by atoms with Crippen LogP contribution in [0.4, 0.5) is 0 Å². The van der Waals surface area contributed by atoms with Gasteiger partial charge in [-0.25, -0.2) is 0 Å². The van der Waals surface area contributed by atoms with Gasteiger partial charge in [0.2, 0.25) is 0 Å². The molecule has 0 saturated carbocycles. The molecule has 6 heteroatoms. The third-order valence-corrected chi connectivity index (χ3v) is 7.55. The predicted molar refractivity (Wildman–Crippen MR) is 113 cm³/mol. The number of pyridine rings is 2. The summed E-state index contributed by atoms with van der Waals surface area (Å²) in [5.41, 5.74) is 3.09. The fraction of sp³-hybridized carbons (Fsp3) is 0.500. The molecule has 2 aromatic heterocycles. The van der Waals surface area contributed by atoms with Gasteiger partial charge < -0.3 is 6.53 Å². The third-order valence-electron chi connectivity index (χ3n) is 3.67. The van der Waals surface area contributed by atoms with Crippen molar-refractivity contribution < 1.29 is 30.7 Å². The summed E-state index contributed by atoms with van der Waals surface area (Å²) in [7, 11) is -0.183. The van der Waals surface area contributed by atoms with Crippen LogP contribution >= 0.6 is 7.92 Å². The molecule has 0 amide bonds. The Kier molecular flexibility index (Phi) is 14.7. The second kappa shape index (κ2) is 14.1. The van der Waals surface area contributed by atoms with Gasteiger partial charge in [-0.3, -0.25) is 9.97 Å². The summed E-state index contributed by atoms with van der Waals surface area (Å²) in [6, 6.07) is 12.3. The van der Waals surface area contributed by atoms with Crippen LogP contribution in [0.5, 0.6) is 0 Å². The van der Waals surface area contributed by atoms with E-state index in [1.54, 1.807) is 6.92 Å². The molecule has 0 fully saturated rings. The standard InChI is InChI=1S/C19H27N2P.C2H5O.CO.Ru.H/c1-18(2,3)22(19(4,5)6)14-15-10-9-12-17(21-15)16-11-7-8-13-20-16;1-2-3;1-2;;/h7-13H,14H2,1-6H3;2H2,1H3;;;/q;-1;;+2;-1. The van der Waals surface area contributed by atoms with E-state index >= 15 is 0 Å². The van der Waals surface area contributed by atoms with E-state index in [0.717, 1.165) is 17.5 Å². The fourth-order valence-electron chi connectivity index (χ4n) is 2.87. The molecule has 0 bridgehead atoms. The van der Waals surface area contributed by atoms with E-state index in [1.165, 1.54) is 5.69 Å². The molecule has 2 rings (SSSR count). The first-order valence-electron chi connectivity index (χ1n) is 9.03. The van der Waals surface area contributed by atoms with Gasteiger partial charge in [-0.2, -0.15) is 0 Å². The van der Waals surface area contributed by atoms with Crippen molar-refractivity contribution in [3.63, 3.8) is 0 Å². The van der Waals surface area contributed by atoms with Crippen molar-refractivity contribution in [1.82, 2.24) is 9.97 Å². The summed E-state index contributed by atoms with van der Waals surface area (Å²) in [6.45, 7) is 20.2. The monoisotopic (exact) mass is 490 g/mol. The van der Waals surface area contributed by atoms with Crippen LogP contribution in [-0.2, 0) is 30.3 Å². The molecule has 156 valence electrons. The maximum Gasteiger partial charge on any atom is 2.00 e. The van der Waals surface area contributed by atoms with Gasteiger partial charge in [0, 0.05) is 18.1 Å². The number of hydrogen-bond acceptors (Lipinski definition) is 3. The molecule has 0 aliphatic carbocycles. The Hall–Kier alpha value is -0.947. The van der Waals surface area contributed by atoms with Crippen LogP contribution in [0.1, 0.15) is 55.6 Å². The van der Waals surface area contributed by atoms with Crippen molar-refractivity contribution in [3.05, 3.63) is 54.9 Å². The molecule has 0 aromatic carbocycles. The largest absolute Gasteiger partial charge is 2.00 e. The molecule has 0 N–H and O–H groups in total. The number of aromatic nitrogens is 2. The third kappa shape index (κ3) is 10.6. The molecule has 0 aliphatic rings. The zero-order valence-corrected chi connectivity index (χ0v) is 20.6. The molecular weight excluding hydrogens is 456 g/mol. The zero-order valence-electron chi connectivity index (χ0n) is 19.0. The Morgan fingerprint density at radius 1 is 0.964 bits per heavy atom. The first-order valence-corrected chi connectivity index (χ1v) is 10.6. The molecule has 28 heavy (non-hydrogen) atoms. The van der Waals surface area contributed by atoms with E-state index in [4.69, 9.17) is 14.7 Å². The van der Waals surface area contributed by atoms with Gasteiger partial charge in [-0.05, 0) is 34.6 Å². The average molecular weight is 490 g/mol. The van der Waals surface area contributed by atoms with Crippen molar-refractivity contribution >= 4 is 7.92 Å². The van der Waals surface area contributed by atoms with E-state index in [2.05, 4.69) is 65.3 Å². The van der Waals surface area contributed by atoms with Gasteiger partial charge >= 0.3 is 30.8 Å². The number of hydrogen-bond donors (Lipinski definition) is 0. The van der Waals surface area contributed by atoms with Crippen LogP contribution in [0.3, 0.4) is 0 Å². The number of nitrogens with zero attached hydrogens (tertiary/aromatic N) is 2. The minimum Gasteiger partial charge on any atom is -1.00 e. The van der Waals surface area contributed by atoms with Crippen LogP contribution in [0.2, 0.25) is 0 Å². The van der Waals surface area contributed by atoms with E-state index in [1.807, 2.05) is 30.5 Å². The first-order chi connectivity index (χ1) is 12.6. The van der Waals surface area contributed by atoms with E-state index in [0.29, 0.717) is 10.3 Å². The molecule has 0 saturated heterocycles. The van der Waals surface area contributed by atoms with E-state index in [-0.39, 0.29) is 35.4 Å². The minimum absolute atomic E-state index is 0. The van der Waals surface area contributed by atoms with Crippen LogP contribution in [-0.4, -0.2) is 26.9 Å². The van der Waals surface area contributed by atoms with Crippen molar-refractivity contribution in [2.75, 3.05) is 6.61 Å². The van der Waals surface area contributed by atoms with Crippen LogP contribution in [0.25, 0.3) is 11.4 Å². The Labute approximate surface area is 186 Å². The summed E-state index contributed by atoms with van der Waals surface area (Å²) in [5.74, 6) is 0.